The minimum absolute atomic E-state index is 0.0842. The summed E-state index contributed by atoms with van der Waals surface area (Å²) < 4.78 is 27.6. The Hall–Kier alpha value is -1.11. The Labute approximate surface area is 117 Å². The molecular formula is C12H16ClNO4S. The molecule has 106 valence electrons. The van der Waals surface area contributed by atoms with Crippen molar-refractivity contribution in [3.05, 3.63) is 29.3 Å². The van der Waals surface area contributed by atoms with E-state index < -0.39 is 9.05 Å². The van der Waals surface area contributed by atoms with Gasteiger partial charge in [0.25, 0.3) is 15.0 Å². The standard InChI is InChI=1S/C12H16ClNO4S/c1-8-4-10(6-11(5-8)19(13,16)17)12(15)14-7-9(2)18-3/h4-6,9H,7H2,1-3H3,(H,14,15). The highest BCUT2D eigenvalue weighted by atomic mass is 35.7. The molecule has 0 aliphatic heterocycles. The topological polar surface area (TPSA) is 72.5 Å². The summed E-state index contributed by atoms with van der Waals surface area (Å²) in [6, 6.07) is 4.26. The molecule has 7 heteroatoms. The fraction of sp³-hybridized carbons (Fsp3) is 0.417. The smallest absolute Gasteiger partial charge is 0.261 e. The quantitative estimate of drug-likeness (QED) is 0.840. The first-order chi connectivity index (χ1) is 8.74. The summed E-state index contributed by atoms with van der Waals surface area (Å²) >= 11 is 0. The van der Waals surface area contributed by atoms with E-state index in [1.807, 2.05) is 6.92 Å². The lowest BCUT2D eigenvalue weighted by molar-refractivity contribution is 0.0870. The van der Waals surface area contributed by atoms with Crippen LogP contribution in [0.1, 0.15) is 22.8 Å². The van der Waals surface area contributed by atoms with Crippen LogP contribution in [0.25, 0.3) is 0 Å². The third-order valence-electron chi connectivity index (χ3n) is 2.55. The monoisotopic (exact) mass is 305 g/mol. The fourth-order valence-corrected chi connectivity index (χ4v) is 2.30. The molecule has 0 aromatic heterocycles. The van der Waals surface area contributed by atoms with Crippen LogP contribution in [-0.4, -0.2) is 34.1 Å². The summed E-state index contributed by atoms with van der Waals surface area (Å²) in [6.07, 6.45) is -0.120. The van der Waals surface area contributed by atoms with Gasteiger partial charge < -0.3 is 10.1 Å². The van der Waals surface area contributed by atoms with Crippen molar-refractivity contribution in [1.29, 1.82) is 0 Å². The average Bonchev–Trinajstić information content (AvgIpc) is 2.33. The maximum absolute atomic E-state index is 11.9. The number of aryl methyl sites for hydroxylation is 1. The highest BCUT2D eigenvalue weighted by Gasteiger charge is 2.15. The molecule has 1 amide bonds. The lowest BCUT2D eigenvalue weighted by atomic mass is 10.1. The summed E-state index contributed by atoms with van der Waals surface area (Å²) in [7, 11) is 2.97. The largest absolute Gasteiger partial charge is 0.380 e. The summed E-state index contributed by atoms with van der Waals surface area (Å²) in [5, 5.41) is 2.65. The lowest BCUT2D eigenvalue weighted by Crippen LogP contribution is -2.31. The molecule has 0 spiro atoms. The molecule has 1 unspecified atom stereocenters. The molecule has 5 nitrogen and oxygen atoms in total. The summed E-state index contributed by atoms with van der Waals surface area (Å²) in [5.74, 6) is -0.367. The van der Waals surface area contributed by atoms with E-state index in [1.54, 1.807) is 20.1 Å². The van der Waals surface area contributed by atoms with Gasteiger partial charge in [0, 0.05) is 29.9 Å². The zero-order valence-electron chi connectivity index (χ0n) is 10.9. The van der Waals surface area contributed by atoms with Gasteiger partial charge in [0.1, 0.15) is 0 Å². The molecule has 1 atom stereocenters. The summed E-state index contributed by atoms with van der Waals surface area (Å²) in [4.78, 5) is 11.8. The van der Waals surface area contributed by atoms with E-state index in [0.29, 0.717) is 12.1 Å². The third kappa shape index (κ3) is 4.81. The molecule has 0 radical (unpaired) electrons. The Kier molecular flexibility index (Phi) is 5.34. The van der Waals surface area contributed by atoms with Crippen LogP contribution >= 0.6 is 10.7 Å². The van der Waals surface area contributed by atoms with Crippen LogP contribution in [0.2, 0.25) is 0 Å². The van der Waals surface area contributed by atoms with Crippen molar-refractivity contribution >= 4 is 25.6 Å². The number of rotatable bonds is 5. The van der Waals surface area contributed by atoms with Gasteiger partial charge in [-0.05, 0) is 37.6 Å². The van der Waals surface area contributed by atoms with Gasteiger partial charge >= 0.3 is 0 Å². The second kappa shape index (κ2) is 6.36. The zero-order chi connectivity index (χ0) is 14.6. The Morgan fingerprint density at radius 3 is 2.58 bits per heavy atom. The number of nitrogens with one attached hydrogen (secondary N) is 1. The molecule has 0 aliphatic carbocycles. The minimum atomic E-state index is -3.85. The number of methoxy groups -OCH3 is 1. The number of hydrogen-bond donors (Lipinski definition) is 1. The molecule has 1 aromatic carbocycles. The first-order valence-electron chi connectivity index (χ1n) is 5.61. The van der Waals surface area contributed by atoms with Gasteiger partial charge in [-0.15, -0.1) is 0 Å². The zero-order valence-corrected chi connectivity index (χ0v) is 12.5. The van der Waals surface area contributed by atoms with Crippen molar-refractivity contribution in [2.45, 2.75) is 24.8 Å². The van der Waals surface area contributed by atoms with Gasteiger partial charge in [-0.2, -0.15) is 0 Å². The Bertz CT molecular complexity index is 571. The van der Waals surface area contributed by atoms with Crippen molar-refractivity contribution in [2.24, 2.45) is 0 Å². The number of hydrogen-bond acceptors (Lipinski definition) is 4. The van der Waals surface area contributed by atoms with E-state index in [4.69, 9.17) is 15.4 Å². The molecular weight excluding hydrogens is 290 g/mol. The highest BCUT2D eigenvalue weighted by Crippen LogP contribution is 2.18. The number of benzene rings is 1. The van der Waals surface area contributed by atoms with Gasteiger partial charge in [-0.3, -0.25) is 4.79 Å². The van der Waals surface area contributed by atoms with E-state index in [-0.39, 0.29) is 22.5 Å². The molecule has 0 aliphatic rings. The fourth-order valence-electron chi connectivity index (χ4n) is 1.44. The van der Waals surface area contributed by atoms with E-state index in [9.17, 15) is 13.2 Å². The van der Waals surface area contributed by atoms with E-state index in [2.05, 4.69) is 5.32 Å². The van der Waals surface area contributed by atoms with Gasteiger partial charge in [-0.25, -0.2) is 8.42 Å². The molecule has 0 heterocycles. The van der Waals surface area contributed by atoms with Crippen LogP contribution in [0.15, 0.2) is 23.1 Å². The van der Waals surface area contributed by atoms with E-state index >= 15 is 0 Å². The van der Waals surface area contributed by atoms with Gasteiger partial charge in [0.2, 0.25) is 0 Å². The van der Waals surface area contributed by atoms with Gasteiger partial charge in [0.15, 0.2) is 0 Å². The van der Waals surface area contributed by atoms with Crippen LogP contribution in [0, 0.1) is 6.92 Å². The van der Waals surface area contributed by atoms with Crippen molar-refractivity contribution < 1.29 is 17.9 Å². The normalized spacial score (nSPS) is 13.1. The second-order valence-electron chi connectivity index (χ2n) is 4.23. The Balaban J connectivity index is 2.95. The molecule has 19 heavy (non-hydrogen) atoms. The summed E-state index contributed by atoms with van der Waals surface area (Å²) in [6.45, 7) is 3.84. The van der Waals surface area contributed by atoms with Crippen LogP contribution in [0.3, 0.4) is 0 Å². The minimum Gasteiger partial charge on any atom is -0.380 e. The summed E-state index contributed by atoms with van der Waals surface area (Å²) in [5.41, 5.74) is 0.897. The van der Waals surface area contributed by atoms with Crippen molar-refractivity contribution in [1.82, 2.24) is 5.32 Å². The Morgan fingerprint density at radius 1 is 1.42 bits per heavy atom. The van der Waals surface area contributed by atoms with Crippen LogP contribution < -0.4 is 5.32 Å². The van der Waals surface area contributed by atoms with Crippen LogP contribution in [-0.2, 0) is 13.8 Å². The third-order valence-corrected chi connectivity index (χ3v) is 3.88. The first-order valence-corrected chi connectivity index (χ1v) is 7.92. The van der Waals surface area contributed by atoms with E-state index in [0.717, 1.165) is 0 Å². The number of carbonyl (C=O) groups excluding carboxylic acids is 1. The van der Waals surface area contributed by atoms with Crippen molar-refractivity contribution in [3.8, 4) is 0 Å². The number of halogens is 1. The van der Waals surface area contributed by atoms with Crippen molar-refractivity contribution in [2.75, 3.05) is 13.7 Å². The molecule has 0 saturated carbocycles. The number of ether oxygens (including phenoxy) is 1. The molecule has 1 aromatic rings. The SMILES string of the molecule is COC(C)CNC(=O)c1cc(C)cc(S(=O)(=O)Cl)c1. The maximum atomic E-state index is 11.9. The van der Waals surface area contributed by atoms with E-state index in [1.165, 1.54) is 12.1 Å². The maximum Gasteiger partial charge on any atom is 0.261 e. The second-order valence-corrected chi connectivity index (χ2v) is 6.79. The predicted molar refractivity (Wildman–Crippen MR) is 73.0 cm³/mol. The van der Waals surface area contributed by atoms with Gasteiger partial charge in [0.05, 0.1) is 11.0 Å². The lowest BCUT2D eigenvalue weighted by Gasteiger charge is -2.11. The first kappa shape index (κ1) is 15.9. The highest BCUT2D eigenvalue weighted by molar-refractivity contribution is 8.13. The predicted octanol–water partition coefficient (Wildman–Crippen LogP) is 1.69. The van der Waals surface area contributed by atoms with Crippen LogP contribution in [0.4, 0.5) is 0 Å². The van der Waals surface area contributed by atoms with Gasteiger partial charge in [-0.1, -0.05) is 0 Å². The van der Waals surface area contributed by atoms with Crippen molar-refractivity contribution in [3.63, 3.8) is 0 Å². The number of carbonyl (C=O) groups is 1. The average molecular weight is 306 g/mol. The molecule has 1 rings (SSSR count). The molecule has 0 fully saturated rings. The Morgan fingerprint density at radius 2 is 2.05 bits per heavy atom. The molecule has 0 bridgehead atoms. The molecule has 0 saturated heterocycles. The van der Waals surface area contributed by atoms with Crippen LogP contribution in [0.5, 0.6) is 0 Å². The number of amides is 1. The molecule has 1 N–H and O–H groups in total.